The number of rotatable bonds is 2. The predicted molar refractivity (Wildman–Crippen MR) is 106 cm³/mol. The summed E-state index contributed by atoms with van der Waals surface area (Å²) in [5, 5.41) is 10.1. The van der Waals surface area contributed by atoms with Crippen LogP contribution in [0.5, 0.6) is 0 Å². The molecule has 0 amide bonds. The highest BCUT2D eigenvalue weighted by Crippen LogP contribution is 2.39. The van der Waals surface area contributed by atoms with Crippen LogP contribution in [0.2, 0.25) is 0 Å². The average molecular weight is 374 g/mol. The first-order chi connectivity index (χ1) is 13.9. The molecule has 0 N–H and O–H groups in total. The van der Waals surface area contributed by atoms with Gasteiger partial charge in [0.1, 0.15) is 23.3 Å². The van der Waals surface area contributed by atoms with Crippen molar-refractivity contribution in [3.63, 3.8) is 0 Å². The molecule has 142 valence electrons. The number of para-hydroxylation sites is 1. The number of piperidine rings is 1. The lowest BCUT2D eigenvalue weighted by Gasteiger charge is -2.36. The molecule has 1 aromatic carbocycles. The molecule has 0 spiro atoms. The number of furan rings is 1. The van der Waals surface area contributed by atoms with E-state index in [1.54, 1.807) is 6.33 Å². The van der Waals surface area contributed by atoms with Gasteiger partial charge in [-0.3, -0.25) is 0 Å². The molecule has 4 aromatic rings. The highest BCUT2D eigenvalue weighted by molar-refractivity contribution is 6.05. The predicted octanol–water partition coefficient (Wildman–Crippen LogP) is 4.04. The Balaban J connectivity index is 1.50. The second kappa shape index (κ2) is 6.29. The number of nitrogens with zero attached hydrogens (tertiary/aromatic N) is 6. The summed E-state index contributed by atoms with van der Waals surface area (Å²) in [5.74, 6) is 3.08. The zero-order chi connectivity index (χ0) is 18.5. The van der Waals surface area contributed by atoms with Gasteiger partial charge in [-0.15, -0.1) is 10.2 Å². The first-order valence-electron chi connectivity index (χ1n) is 10.2. The average Bonchev–Trinajstić information content (AvgIpc) is 3.35. The molecular formula is C21H22N6O. The van der Waals surface area contributed by atoms with Gasteiger partial charge in [-0.25, -0.2) is 9.97 Å². The summed E-state index contributed by atoms with van der Waals surface area (Å²) >= 11 is 0. The number of fused-ring (bicyclic) bond motifs is 4. The fourth-order valence-electron chi connectivity index (χ4n) is 4.75. The Bertz CT molecular complexity index is 1160. The van der Waals surface area contributed by atoms with Crippen LogP contribution in [-0.2, 0) is 13.0 Å². The molecule has 7 heteroatoms. The Morgan fingerprint density at radius 1 is 0.964 bits per heavy atom. The Morgan fingerprint density at radius 2 is 1.89 bits per heavy atom. The van der Waals surface area contributed by atoms with Gasteiger partial charge in [0, 0.05) is 24.9 Å². The van der Waals surface area contributed by atoms with E-state index in [2.05, 4.69) is 35.7 Å². The minimum Gasteiger partial charge on any atom is -0.450 e. The third-order valence-corrected chi connectivity index (χ3v) is 6.10. The van der Waals surface area contributed by atoms with Gasteiger partial charge in [-0.1, -0.05) is 12.1 Å². The van der Waals surface area contributed by atoms with Gasteiger partial charge in [0.15, 0.2) is 17.2 Å². The standard InChI is InChI=1S/C21H22N6O/c1-2-9-16-14(7-1)18-19(28-16)21(23-13-22-18)26-11-5-3-8-15(26)20-25-24-17-10-4-6-12-27(17)20/h1-2,7,9,13,15H,3-6,8,10-12H2. The first kappa shape index (κ1) is 16.0. The van der Waals surface area contributed by atoms with E-state index in [1.807, 2.05) is 18.2 Å². The van der Waals surface area contributed by atoms with Crippen LogP contribution in [0.25, 0.3) is 22.1 Å². The molecule has 1 unspecified atom stereocenters. The Labute approximate surface area is 162 Å². The van der Waals surface area contributed by atoms with Crippen molar-refractivity contribution in [3.8, 4) is 0 Å². The van der Waals surface area contributed by atoms with E-state index in [0.29, 0.717) is 0 Å². The van der Waals surface area contributed by atoms with Crippen LogP contribution in [0.3, 0.4) is 0 Å². The smallest absolute Gasteiger partial charge is 0.196 e. The van der Waals surface area contributed by atoms with E-state index in [-0.39, 0.29) is 6.04 Å². The molecule has 0 aliphatic carbocycles. The fourth-order valence-corrected chi connectivity index (χ4v) is 4.75. The number of anilines is 1. The summed E-state index contributed by atoms with van der Waals surface area (Å²) in [7, 11) is 0. The van der Waals surface area contributed by atoms with E-state index in [9.17, 15) is 0 Å². The van der Waals surface area contributed by atoms with Gasteiger partial charge in [0.25, 0.3) is 0 Å². The van der Waals surface area contributed by atoms with E-state index in [1.165, 1.54) is 19.3 Å². The van der Waals surface area contributed by atoms with Gasteiger partial charge in [-0.05, 0) is 44.2 Å². The van der Waals surface area contributed by atoms with Gasteiger partial charge >= 0.3 is 0 Å². The molecule has 0 radical (unpaired) electrons. The SMILES string of the molecule is c1ccc2c(c1)oc1c(N3CCCCC3c3nnc4n3CCCC4)ncnc12. The number of aromatic nitrogens is 5. The fraction of sp³-hybridized carbons (Fsp3) is 0.429. The first-order valence-corrected chi connectivity index (χ1v) is 10.2. The highest BCUT2D eigenvalue weighted by Gasteiger charge is 2.32. The van der Waals surface area contributed by atoms with Crippen molar-refractivity contribution in [1.29, 1.82) is 0 Å². The van der Waals surface area contributed by atoms with Crippen LogP contribution in [0.1, 0.15) is 49.8 Å². The maximum atomic E-state index is 6.21. The second-order valence-electron chi connectivity index (χ2n) is 7.76. The third-order valence-electron chi connectivity index (χ3n) is 6.10. The summed E-state index contributed by atoms with van der Waals surface area (Å²) < 4.78 is 8.54. The van der Waals surface area contributed by atoms with Crippen molar-refractivity contribution in [2.24, 2.45) is 0 Å². The van der Waals surface area contributed by atoms with Crippen molar-refractivity contribution >= 4 is 27.9 Å². The van der Waals surface area contributed by atoms with Gasteiger partial charge in [-0.2, -0.15) is 0 Å². The molecule has 5 heterocycles. The van der Waals surface area contributed by atoms with Gasteiger partial charge in [0.05, 0.1) is 6.04 Å². The zero-order valence-corrected chi connectivity index (χ0v) is 15.7. The van der Waals surface area contributed by atoms with Gasteiger partial charge < -0.3 is 13.9 Å². The number of aryl methyl sites for hydroxylation is 1. The Hall–Kier alpha value is -2.96. The van der Waals surface area contributed by atoms with E-state index < -0.39 is 0 Å². The molecule has 1 saturated heterocycles. The lowest BCUT2D eigenvalue weighted by Crippen LogP contribution is -2.36. The van der Waals surface area contributed by atoms with Crippen LogP contribution >= 0.6 is 0 Å². The monoisotopic (exact) mass is 374 g/mol. The normalized spacial score (nSPS) is 20.0. The van der Waals surface area contributed by atoms with Crippen LogP contribution < -0.4 is 4.90 Å². The summed E-state index contributed by atoms with van der Waals surface area (Å²) in [6, 6.07) is 8.23. The molecule has 2 aliphatic heterocycles. The van der Waals surface area contributed by atoms with Crippen LogP contribution in [0.15, 0.2) is 35.0 Å². The maximum Gasteiger partial charge on any atom is 0.196 e. The maximum absolute atomic E-state index is 6.21. The summed E-state index contributed by atoms with van der Waals surface area (Å²) in [5.41, 5.74) is 2.51. The van der Waals surface area contributed by atoms with E-state index in [4.69, 9.17) is 4.42 Å². The molecule has 28 heavy (non-hydrogen) atoms. The minimum absolute atomic E-state index is 0.180. The Morgan fingerprint density at radius 3 is 2.89 bits per heavy atom. The highest BCUT2D eigenvalue weighted by atomic mass is 16.3. The molecule has 0 saturated carbocycles. The molecule has 6 rings (SSSR count). The van der Waals surface area contributed by atoms with Crippen molar-refractivity contribution in [2.75, 3.05) is 11.4 Å². The second-order valence-corrected chi connectivity index (χ2v) is 7.76. The topological polar surface area (TPSA) is 72.9 Å². The molecular weight excluding hydrogens is 352 g/mol. The van der Waals surface area contributed by atoms with E-state index in [0.717, 1.165) is 71.9 Å². The molecule has 3 aromatic heterocycles. The quantitative estimate of drug-likeness (QED) is 0.527. The van der Waals surface area contributed by atoms with Crippen molar-refractivity contribution in [1.82, 2.24) is 24.7 Å². The van der Waals surface area contributed by atoms with Crippen molar-refractivity contribution in [2.45, 2.75) is 51.1 Å². The van der Waals surface area contributed by atoms with Crippen molar-refractivity contribution < 1.29 is 4.42 Å². The lowest BCUT2D eigenvalue weighted by atomic mass is 10.0. The minimum atomic E-state index is 0.180. The zero-order valence-electron chi connectivity index (χ0n) is 15.7. The molecule has 0 bridgehead atoms. The van der Waals surface area contributed by atoms with E-state index >= 15 is 0 Å². The number of hydrogen-bond donors (Lipinski definition) is 0. The number of benzene rings is 1. The van der Waals surface area contributed by atoms with Crippen LogP contribution in [-0.4, -0.2) is 31.3 Å². The molecule has 7 nitrogen and oxygen atoms in total. The Kier molecular flexibility index (Phi) is 3.60. The largest absolute Gasteiger partial charge is 0.450 e. The molecule has 2 aliphatic rings. The summed E-state index contributed by atoms with van der Waals surface area (Å²) in [4.78, 5) is 11.5. The lowest BCUT2D eigenvalue weighted by molar-refractivity contribution is 0.420. The van der Waals surface area contributed by atoms with Crippen LogP contribution in [0, 0.1) is 0 Å². The third kappa shape index (κ3) is 2.35. The number of hydrogen-bond acceptors (Lipinski definition) is 6. The molecule has 1 fully saturated rings. The summed E-state index contributed by atoms with van der Waals surface area (Å²) in [6.45, 7) is 1.96. The van der Waals surface area contributed by atoms with Crippen molar-refractivity contribution in [3.05, 3.63) is 42.2 Å². The van der Waals surface area contributed by atoms with Crippen LogP contribution in [0.4, 0.5) is 5.82 Å². The molecule has 1 atom stereocenters. The van der Waals surface area contributed by atoms with Gasteiger partial charge in [0.2, 0.25) is 0 Å². The summed E-state index contributed by atoms with van der Waals surface area (Å²) in [6.07, 6.45) is 8.49.